The predicted octanol–water partition coefficient (Wildman–Crippen LogP) is 2.80. The van der Waals surface area contributed by atoms with Crippen molar-refractivity contribution in [2.24, 2.45) is 0 Å². The number of fused-ring (bicyclic) bond motifs is 1. The number of hydrogen-bond donors (Lipinski definition) is 1. The number of aromatic amines is 1. The highest BCUT2D eigenvalue weighted by Gasteiger charge is 2.25. The van der Waals surface area contributed by atoms with Crippen molar-refractivity contribution in [3.8, 4) is 0 Å². The van der Waals surface area contributed by atoms with E-state index in [9.17, 15) is 4.79 Å². The highest BCUT2D eigenvalue weighted by atomic mass is 16.5. The number of aryl methyl sites for hydroxylation is 2. The zero-order valence-corrected chi connectivity index (χ0v) is 14.8. The second kappa shape index (κ2) is 7.25. The average Bonchev–Trinajstić information content (AvgIpc) is 3.09. The van der Waals surface area contributed by atoms with Crippen LogP contribution in [-0.2, 0) is 16.0 Å². The van der Waals surface area contributed by atoms with Crippen molar-refractivity contribution in [2.45, 2.75) is 25.9 Å². The molecule has 0 radical (unpaired) electrons. The summed E-state index contributed by atoms with van der Waals surface area (Å²) in [6, 6.07) is 11.9. The van der Waals surface area contributed by atoms with Gasteiger partial charge in [-0.2, -0.15) is 0 Å². The van der Waals surface area contributed by atoms with Crippen LogP contribution in [0.4, 0.5) is 0 Å². The van der Waals surface area contributed by atoms with Crippen LogP contribution < -0.4 is 0 Å². The number of para-hydroxylation sites is 2. The Morgan fingerprint density at radius 2 is 2.23 bits per heavy atom. The molecule has 1 fully saturated rings. The van der Waals surface area contributed by atoms with Gasteiger partial charge in [-0.05, 0) is 36.8 Å². The molecule has 26 heavy (non-hydrogen) atoms. The van der Waals surface area contributed by atoms with Crippen molar-refractivity contribution < 1.29 is 9.53 Å². The Morgan fingerprint density at radius 1 is 1.35 bits per heavy atom. The van der Waals surface area contributed by atoms with Crippen LogP contribution in [0.1, 0.15) is 29.6 Å². The molecule has 0 bridgehead atoms. The lowest BCUT2D eigenvalue weighted by atomic mass is 10.1. The molecule has 1 N–H and O–H groups in total. The maximum Gasteiger partial charge on any atom is 0.223 e. The molecule has 6 heteroatoms. The maximum absolute atomic E-state index is 12.6. The SMILES string of the molecule is Cc1cc([C@@H]2CN(C(=O)CCc3nc4ccccc4[nH]3)CCO2)ccn1. The first-order valence-corrected chi connectivity index (χ1v) is 8.94. The number of nitrogens with zero attached hydrogens (tertiary/aromatic N) is 3. The number of nitrogens with one attached hydrogen (secondary N) is 1. The van der Waals surface area contributed by atoms with Gasteiger partial charge in [0.1, 0.15) is 11.9 Å². The molecule has 1 amide bonds. The number of aromatic nitrogens is 3. The molecule has 0 saturated carbocycles. The fourth-order valence-corrected chi connectivity index (χ4v) is 3.35. The van der Waals surface area contributed by atoms with Gasteiger partial charge in [-0.3, -0.25) is 9.78 Å². The molecule has 2 aromatic heterocycles. The van der Waals surface area contributed by atoms with Crippen molar-refractivity contribution in [1.29, 1.82) is 0 Å². The van der Waals surface area contributed by atoms with Crippen LogP contribution in [-0.4, -0.2) is 45.5 Å². The van der Waals surface area contributed by atoms with Gasteiger partial charge in [0.25, 0.3) is 0 Å². The summed E-state index contributed by atoms with van der Waals surface area (Å²) in [7, 11) is 0. The van der Waals surface area contributed by atoms with E-state index in [0.29, 0.717) is 32.5 Å². The van der Waals surface area contributed by atoms with E-state index < -0.39 is 0 Å². The summed E-state index contributed by atoms with van der Waals surface area (Å²) < 4.78 is 5.86. The Hall–Kier alpha value is -2.73. The van der Waals surface area contributed by atoms with Gasteiger partial charge in [-0.1, -0.05) is 12.1 Å². The third kappa shape index (κ3) is 3.60. The number of H-pyrrole nitrogens is 1. The molecule has 1 atom stereocenters. The van der Waals surface area contributed by atoms with Gasteiger partial charge in [0.2, 0.25) is 5.91 Å². The summed E-state index contributed by atoms with van der Waals surface area (Å²) in [5.74, 6) is 0.999. The van der Waals surface area contributed by atoms with Gasteiger partial charge in [0.15, 0.2) is 0 Å². The molecule has 1 saturated heterocycles. The number of imidazole rings is 1. The topological polar surface area (TPSA) is 71.1 Å². The van der Waals surface area contributed by atoms with E-state index in [0.717, 1.165) is 28.1 Å². The van der Waals surface area contributed by atoms with Crippen LogP contribution in [0.25, 0.3) is 11.0 Å². The molecule has 0 spiro atoms. The van der Waals surface area contributed by atoms with Crippen molar-refractivity contribution in [2.75, 3.05) is 19.7 Å². The number of hydrogen-bond acceptors (Lipinski definition) is 4. The number of pyridine rings is 1. The Balaban J connectivity index is 1.38. The lowest BCUT2D eigenvalue weighted by molar-refractivity contribution is -0.139. The number of carbonyl (C=O) groups excluding carboxylic acids is 1. The molecule has 1 aliphatic rings. The second-order valence-corrected chi connectivity index (χ2v) is 6.63. The van der Waals surface area contributed by atoms with E-state index >= 15 is 0 Å². The first kappa shape index (κ1) is 16.7. The van der Waals surface area contributed by atoms with Crippen LogP contribution in [0.3, 0.4) is 0 Å². The molecule has 1 aromatic carbocycles. The molecule has 4 rings (SSSR count). The molecule has 0 aliphatic carbocycles. The highest BCUT2D eigenvalue weighted by molar-refractivity contribution is 5.77. The summed E-state index contributed by atoms with van der Waals surface area (Å²) in [6.07, 6.45) is 2.77. The molecule has 1 aliphatic heterocycles. The molecular formula is C20H22N4O2. The zero-order valence-electron chi connectivity index (χ0n) is 14.8. The Labute approximate surface area is 152 Å². The van der Waals surface area contributed by atoms with E-state index in [1.54, 1.807) is 6.20 Å². The van der Waals surface area contributed by atoms with E-state index in [1.807, 2.05) is 48.2 Å². The van der Waals surface area contributed by atoms with Crippen molar-refractivity contribution in [1.82, 2.24) is 19.9 Å². The minimum atomic E-state index is -0.0828. The fourth-order valence-electron chi connectivity index (χ4n) is 3.35. The van der Waals surface area contributed by atoms with Crippen LogP contribution in [0.2, 0.25) is 0 Å². The lowest BCUT2D eigenvalue weighted by Crippen LogP contribution is -2.42. The molecule has 3 heterocycles. The van der Waals surface area contributed by atoms with E-state index in [-0.39, 0.29) is 12.0 Å². The summed E-state index contributed by atoms with van der Waals surface area (Å²) >= 11 is 0. The normalized spacial score (nSPS) is 17.6. The van der Waals surface area contributed by atoms with Gasteiger partial charge >= 0.3 is 0 Å². The third-order valence-electron chi connectivity index (χ3n) is 4.73. The van der Waals surface area contributed by atoms with Crippen LogP contribution in [0, 0.1) is 6.92 Å². The number of amides is 1. The smallest absolute Gasteiger partial charge is 0.223 e. The number of carbonyl (C=O) groups is 1. The minimum absolute atomic E-state index is 0.0828. The standard InChI is InChI=1S/C20H22N4O2/c1-14-12-15(8-9-21-14)18-13-24(10-11-26-18)20(25)7-6-19-22-16-4-2-3-5-17(16)23-19/h2-5,8-9,12,18H,6-7,10-11,13H2,1H3,(H,22,23)/t18-/m0/s1. The number of morpholine rings is 1. The highest BCUT2D eigenvalue weighted by Crippen LogP contribution is 2.23. The summed E-state index contributed by atoms with van der Waals surface area (Å²) in [4.78, 5) is 26.6. The van der Waals surface area contributed by atoms with Crippen LogP contribution in [0.15, 0.2) is 42.6 Å². The molecule has 3 aromatic rings. The van der Waals surface area contributed by atoms with Crippen LogP contribution in [0.5, 0.6) is 0 Å². The van der Waals surface area contributed by atoms with E-state index in [2.05, 4.69) is 15.0 Å². The number of benzene rings is 1. The lowest BCUT2D eigenvalue weighted by Gasteiger charge is -2.33. The zero-order chi connectivity index (χ0) is 17.9. The summed E-state index contributed by atoms with van der Waals surface area (Å²) in [5, 5.41) is 0. The van der Waals surface area contributed by atoms with Gasteiger partial charge in [-0.15, -0.1) is 0 Å². The largest absolute Gasteiger partial charge is 0.370 e. The maximum atomic E-state index is 12.6. The molecule has 134 valence electrons. The molecule has 0 unspecified atom stereocenters. The molecular weight excluding hydrogens is 328 g/mol. The van der Waals surface area contributed by atoms with Gasteiger partial charge in [-0.25, -0.2) is 4.98 Å². The average molecular weight is 350 g/mol. The Morgan fingerprint density at radius 3 is 3.08 bits per heavy atom. The fraction of sp³-hybridized carbons (Fsp3) is 0.350. The number of ether oxygens (including phenoxy) is 1. The van der Waals surface area contributed by atoms with Crippen molar-refractivity contribution >= 4 is 16.9 Å². The summed E-state index contributed by atoms with van der Waals surface area (Å²) in [6.45, 7) is 3.74. The van der Waals surface area contributed by atoms with Crippen molar-refractivity contribution in [3.05, 3.63) is 59.7 Å². The molecule has 6 nitrogen and oxygen atoms in total. The minimum Gasteiger partial charge on any atom is -0.370 e. The third-order valence-corrected chi connectivity index (χ3v) is 4.73. The van der Waals surface area contributed by atoms with E-state index in [1.165, 1.54) is 0 Å². The second-order valence-electron chi connectivity index (χ2n) is 6.63. The Kier molecular flexibility index (Phi) is 4.67. The quantitative estimate of drug-likeness (QED) is 0.785. The first-order valence-electron chi connectivity index (χ1n) is 8.94. The van der Waals surface area contributed by atoms with Gasteiger partial charge in [0, 0.05) is 31.3 Å². The van der Waals surface area contributed by atoms with E-state index in [4.69, 9.17) is 4.74 Å². The van der Waals surface area contributed by atoms with Crippen molar-refractivity contribution in [3.63, 3.8) is 0 Å². The van der Waals surface area contributed by atoms with Gasteiger partial charge in [0.05, 0.1) is 24.2 Å². The van der Waals surface area contributed by atoms with Gasteiger partial charge < -0.3 is 14.6 Å². The summed E-state index contributed by atoms with van der Waals surface area (Å²) in [5.41, 5.74) is 3.98. The monoisotopic (exact) mass is 350 g/mol. The first-order chi connectivity index (χ1) is 12.7. The number of rotatable bonds is 4. The van der Waals surface area contributed by atoms with Crippen LogP contribution >= 0.6 is 0 Å². The Bertz CT molecular complexity index is 888. The predicted molar refractivity (Wildman–Crippen MR) is 98.7 cm³/mol.